The van der Waals surface area contributed by atoms with Crippen molar-refractivity contribution in [2.45, 2.75) is 19.8 Å². The molecule has 0 fully saturated rings. The molecule has 1 aromatic carbocycles. The van der Waals surface area contributed by atoms with Crippen LogP contribution in [0.1, 0.15) is 24.5 Å². The van der Waals surface area contributed by atoms with Crippen molar-refractivity contribution in [3.8, 4) is 6.07 Å². The van der Waals surface area contributed by atoms with E-state index in [-0.39, 0.29) is 5.12 Å². The van der Waals surface area contributed by atoms with Gasteiger partial charge in [-0.3, -0.25) is 4.79 Å². The average molecular weight is 245 g/mol. The molecule has 0 aliphatic carbocycles. The number of nitrogens with zero attached hydrogens (tertiary/aromatic N) is 1. The molecule has 0 aliphatic heterocycles. The van der Waals surface area contributed by atoms with Crippen LogP contribution in [0.3, 0.4) is 0 Å². The van der Waals surface area contributed by atoms with Gasteiger partial charge in [-0.15, -0.1) is 0 Å². The van der Waals surface area contributed by atoms with Crippen molar-refractivity contribution in [3.05, 3.63) is 41.5 Å². The van der Waals surface area contributed by atoms with Crippen molar-refractivity contribution in [1.29, 1.82) is 5.26 Å². The summed E-state index contributed by atoms with van der Waals surface area (Å²) in [5, 5.41) is 8.71. The Morgan fingerprint density at radius 2 is 2.12 bits per heavy atom. The number of nitriles is 1. The van der Waals surface area contributed by atoms with E-state index in [1.54, 1.807) is 6.92 Å². The highest BCUT2D eigenvalue weighted by molar-refractivity contribution is 8.13. The van der Waals surface area contributed by atoms with Gasteiger partial charge < -0.3 is 0 Å². The molecule has 0 atom stereocenters. The Morgan fingerprint density at radius 3 is 2.71 bits per heavy atom. The Bertz CT molecular complexity index is 429. The third kappa shape index (κ3) is 5.94. The molecule has 1 rings (SSSR count). The molecule has 2 nitrogen and oxygen atoms in total. The highest BCUT2D eigenvalue weighted by Crippen LogP contribution is 2.09. The quantitative estimate of drug-likeness (QED) is 0.746. The summed E-state index contributed by atoms with van der Waals surface area (Å²) in [6, 6.07) is 10.1. The minimum Gasteiger partial charge on any atom is -0.288 e. The zero-order chi connectivity index (χ0) is 12.5. The molecular weight excluding hydrogens is 230 g/mol. The third-order valence-corrected chi connectivity index (χ3v) is 3.01. The van der Waals surface area contributed by atoms with E-state index in [0.29, 0.717) is 6.42 Å². The van der Waals surface area contributed by atoms with Crippen molar-refractivity contribution in [2.24, 2.45) is 0 Å². The molecule has 0 bridgehead atoms. The molecular formula is C14H15NOS. The van der Waals surface area contributed by atoms with Crippen LogP contribution in [-0.4, -0.2) is 10.9 Å². The number of carbonyl (C=O) groups is 1. The second-order valence-corrected chi connectivity index (χ2v) is 4.88. The van der Waals surface area contributed by atoms with E-state index in [9.17, 15) is 4.79 Å². The van der Waals surface area contributed by atoms with Gasteiger partial charge in [-0.25, -0.2) is 0 Å². The Kier molecular flexibility index (Phi) is 6.13. The number of thioether (sulfide) groups is 1. The van der Waals surface area contributed by atoms with Crippen molar-refractivity contribution in [3.63, 3.8) is 0 Å². The van der Waals surface area contributed by atoms with Crippen LogP contribution in [0.4, 0.5) is 0 Å². The van der Waals surface area contributed by atoms with Gasteiger partial charge in [-0.1, -0.05) is 48.2 Å². The number of benzene rings is 1. The van der Waals surface area contributed by atoms with Crippen LogP contribution in [-0.2, 0) is 11.2 Å². The zero-order valence-corrected chi connectivity index (χ0v) is 10.7. The summed E-state index contributed by atoms with van der Waals surface area (Å²) < 4.78 is 0. The molecule has 0 unspecified atom stereocenters. The Labute approximate surface area is 106 Å². The van der Waals surface area contributed by atoms with Crippen LogP contribution in [0.5, 0.6) is 0 Å². The first-order chi connectivity index (χ1) is 8.22. The van der Waals surface area contributed by atoms with Crippen LogP contribution >= 0.6 is 11.8 Å². The minimum absolute atomic E-state index is 0.166. The Morgan fingerprint density at radius 1 is 1.41 bits per heavy atom. The SMILES string of the molecule is CC(=O)SCCC=Cc1ccc(CC#N)cc1. The number of carbonyl (C=O) groups excluding carboxylic acids is 1. The topological polar surface area (TPSA) is 40.9 Å². The molecule has 88 valence electrons. The summed E-state index contributed by atoms with van der Waals surface area (Å²) in [7, 11) is 0. The van der Waals surface area contributed by atoms with Crippen molar-refractivity contribution < 1.29 is 4.79 Å². The molecule has 0 aromatic heterocycles. The van der Waals surface area contributed by atoms with Crippen molar-refractivity contribution in [1.82, 2.24) is 0 Å². The van der Waals surface area contributed by atoms with Gasteiger partial charge in [0.25, 0.3) is 0 Å². The molecule has 0 heterocycles. The van der Waals surface area contributed by atoms with Gasteiger partial charge in [-0.2, -0.15) is 5.26 Å². The first-order valence-corrected chi connectivity index (χ1v) is 6.46. The van der Waals surface area contributed by atoms with Crippen LogP contribution in [0.15, 0.2) is 30.3 Å². The summed E-state index contributed by atoms with van der Waals surface area (Å²) >= 11 is 1.35. The maximum absolute atomic E-state index is 10.7. The minimum atomic E-state index is 0.166. The smallest absolute Gasteiger partial charge is 0.185 e. The van der Waals surface area contributed by atoms with Crippen molar-refractivity contribution in [2.75, 3.05) is 5.75 Å². The maximum atomic E-state index is 10.7. The molecule has 17 heavy (non-hydrogen) atoms. The Hall–Kier alpha value is -1.53. The normalized spacial score (nSPS) is 10.4. The van der Waals surface area contributed by atoms with Crippen LogP contribution in [0.25, 0.3) is 6.08 Å². The first-order valence-electron chi connectivity index (χ1n) is 5.48. The van der Waals surface area contributed by atoms with Gasteiger partial charge in [-0.05, 0) is 17.5 Å². The van der Waals surface area contributed by atoms with Crippen LogP contribution in [0.2, 0.25) is 0 Å². The summed E-state index contributed by atoms with van der Waals surface area (Å²) in [5.41, 5.74) is 2.16. The predicted molar refractivity (Wildman–Crippen MR) is 72.5 cm³/mol. The number of hydrogen-bond donors (Lipinski definition) is 0. The summed E-state index contributed by atoms with van der Waals surface area (Å²) in [6.45, 7) is 1.59. The van der Waals surface area contributed by atoms with E-state index in [1.165, 1.54) is 11.8 Å². The van der Waals surface area contributed by atoms with Gasteiger partial charge in [0, 0.05) is 12.7 Å². The highest BCUT2D eigenvalue weighted by atomic mass is 32.2. The lowest BCUT2D eigenvalue weighted by atomic mass is 10.1. The number of rotatable bonds is 5. The lowest BCUT2D eigenvalue weighted by Gasteiger charge is -1.96. The van der Waals surface area contributed by atoms with Gasteiger partial charge in [0.2, 0.25) is 0 Å². The van der Waals surface area contributed by atoms with E-state index in [2.05, 4.69) is 12.1 Å². The molecule has 0 N–H and O–H groups in total. The average Bonchev–Trinajstić information content (AvgIpc) is 2.31. The molecule has 0 saturated carbocycles. The third-order valence-electron chi connectivity index (χ3n) is 2.16. The lowest BCUT2D eigenvalue weighted by molar-refractivity contribution is -0.109. The standard InChI is InChI=1S/C14H15NOS/c1-12(16)17-11-3-2-4-13-5-7-14(8-6-13)9-10-15/h2,4-8H,3,9,11H2,1H3. The largest absolute Gasteiger partial charge is 0.288 e. The fourth-order valence-electron chi connectivity index (χ4n) is 1.33. The van der Waals surface area contributed by atoms with E-state index < -0.39 is 0 Å². The summed E-state index contributed by atoms with van der Waals surface area (Å²) in [4.78, 5) is 10.7. The van der Waals surface area contributed by atoms with Gasteiger partial charge in [0.15, 0.2) is 5.12 Å². The molecule has 0 aliphatic rings. The van der Waals surface area contributed by atoms with Gasteiger partial charge >= 0.3 is 0 Å². The molecule has 0 spiro atoms. The van der Waals surface area contributed by atoms with E-state index >= 15 is 0 Å². The van der Waals surface area contributed by atoms with E-state index in [0.717, 1.165) is 23.3 Å². The first kappa shape index (κ1) is 13.5. The molecule has 0 saturated heterocycles. The fourth-order valence-corrected chi connectivity index (χ4v) is 1.87. The molecule has 0 radical (unpaired) electrons. The summed E-state index contributed by atoms with van der Waals surface area (Å²) in [5.74, 6) is 0.832. The molecule has 1 aromatic rings. The number of allylic oxidation sites excluding steroid dienone is 1. The molecule has 0 amide bonds. The lowest BCUT2D eigenvalue weighted by Crippen LogP contribution is -1.84. The zero-order valence-electron chi connectivity index (χ0n) is 9.85. The maximum Gasteiger partial charge on any atom is 0.185 e. The van der Waals surface area contributed by atoms with Crippen LogP contribution in [0, 0.1) is 11.3 Å². The Balaban J connectivity index is 2.38. The second-order valence-electron chi connectivity index (χ2n) is 3.61. The fraction of sp³-hybridized carbons (Fsp3) is 0.286. The monoisotopic (exact) mass is 245 g/mol. The summed E-state index contributed by atoms with van der Waals surface area (Å²) in [6.07, 6.45) is 5.45. The molecule has 3 heteroatoms. The van der Waals surface area contributed by atoms with Gasteiger partial charge in [0.05, 0.1) is 12.5 Å². The highest BCUT2D eigenvalue weighted by Gasteiger charge is 1.92. The van der Waals surface area contributed by atoms with E-state index in [1.807, 2.05) is 30.3 Å². The van der Waals surface area contributed by atoms with E-state index in [4.69, 9.17) is 5.26 Å². The van der Waals surface area contributed by atoms with Gasteiger partial charge in [0.1, 0.15) is 0 Å². The number of hydrogen-bond acceptors (Lipinski definition) is 3. The van der Waals surface area contributed by atoms with Crippen LogP contribution < -0.4 is 0 Å². The van der Waals surface area contributed by atoms with Crippen molar-refractivity contribution >= 4 is 23.0 Å². The second kappa shape index (κ2) is 7.70. The predicted octanol–water partition coefficient (Wildman–Crippen LogP) is 3.44.